The second-order valence-electron chi connectivity index (χ2n) is 8.48. The highest BCUT2D eigenvalue weighted by molar-refractivity contribution is 5.92. The smallest absolute Gasteiger partial charge is 0.231 e. The molecule has 0 aliphatic carbocycles. The first-order chi connectivity index (χ1) is 16.1. The SMILES string of the molecule is C[C@H]1CN(c2nccc3oc(-c4cnc5ccc(OC[C@H]6CCC(=O)N6)nn45)cc23)CCO1. The van der Waals surface area contributed by atoms with E-state index >= 15 is 0 Å². The number of morpholine rings is 1. The number of fused-ring (bicyclic) bond motifs is 2. The quantitative estimate of drug-likeness (QED) is 0.496. The Bertz CT molecular complexity index is 1330. The standard InChI is InChI=1S/C23H24N6O4/c1-14-12-28(8-9-31-14)23-16-10-19(33-18(16)6-7-24-23)17-11-25-20-3-5-22(27-29(17)20)32-13-15-2-4-21(30)26-15/h3,5-7,10-11,14-15H,2,4,8-9,12-13H2,1H3,(H,26,30)/t14-,15+/m0/s1. The maximum absolute atomic E-state index is 11.4. The zero-order valence-corrected chi connectivity index (χ0v) is 18.2. The van der Waals surface area contributed by atoms with E-state index in [1.807, 2.05) is 18.2 Å². The summed E-state index contributed by atoms with van der Waals surface area (Å²) < 4.78 is 19.4. The second kappa shape index (κ2) is 8.04. The van der Waals surface area contributed by atoms with Crippen LogP contribution in [0.3, 0.4) is 0 Å². The Kier molecular flexibility index (Phi) is 4.87. The average molecular weight is 448 g/mol. The van der Waals surface area contributed by atoms with Crippen LogP contribution in [0.2, 0.25) is 0 Å². The predicted molar refractivity (Wildman–Crippen MR) is 120 cm³/mol. The molecule has 0 radical (unpaired) electrons. The van der Waals surface area contributed by atoms with Crippen LogP contribution in [0.25, 0.3) is 28.1 Å². The first-order valence-corrected chi connectivity index (χ1v) is 11.2. The van der Waals surface area contributed by atoms with Gasteiger partial charge in [-0.1, -0.05) is 0 Å². The highest BCUT2D eigenvalue weighted by Gasteiger charge is 2.23. The van der Waals surface area contributed by atoms with Gasteiger partial charge in [0, 0.05) is 31.8 Å². The van der Waals surface area contributed by atoms with Crippen molar-refractivity contribution >= 4 is 28.3 Å². The average Bonchev–Trinajstić information content (AvgIpc) is 3.54. The van der Waals surface area contributed by atoms with Crippen LogP contribution < -0.4 is 15.0 Å². The Morgan fingerprint density at radius 3 is 3.06 bits per heavy atom. The van der Waals surface area contributed by atoms with Gasteiger partial charge in [0.15, 0.2) is 11.4 Å². The number of carbonyl (C=O) groups is 1. The molecule has 10 nitrogen and oxygen atoms in total. The summed E-state index contributed by atoms with van der Waals surface area (Å²) in [6, 6.07) is 7.51. The van der Waals surface area contributed by atoms with Crippen LogP contribution in [0.1, 0.15) is 19.8 Å². The number of amides is 1. The monoisotopic (exact) mass is 448 g/mol. The third-order valence-electron chi connectivity index (χ3n) is 6.07. The summed E-state index contributed by atoms with van der Waals surface area (Å²) in [6.07, 6.45) is 4.98. The third kappa shape index (κ3) is 3.76. The van der Waals surface area contributed by atoms with Crippen molar-refractivity contribution in [3.63, 3.8) is 0 Å². The van der Waals surface area contributed by atoms with Crippen molar-refractivity contribution in [1.82, 2.24) is 24.9 Å². The van der Waals surface area contributed by atoms with Gasteiger partial charge in [-0.3, -0.25) is 4.79 Å². The summed E-state index contributed by atoms with van der Waals surface area (Å²) >= 11 is 0. The van der Waals surface area contributed by atoms with Crippen molar-refractivity contribution in [3.8, 4) is 17.3 Å². The molecule has 2 atom stereocenters. The van der Waals surface area contributed by atoms with Gasteiger partial charge in [-0.25, -0.2) is 14.5 Å². The number of anilines is 1. The van der Waals surface area contributed by atoms with Crippen molar-refractivity contribution < 1.29 is 18.7 Å². The van der Waals surface area contributed by atoms with Crippen LogP contribution in [0, 0.1) is 0 Å². The van der Waals surface area contributed by atoms with Gasteiger partial charge in [0.25, 0.3) is 0 Å². The molecular weight excluding hydrogens is 424 g/mol. The third-order valence-corrected chi connectivity index (χ3v) is 6.07. The van der Waals surface area contributed by atoms with Crippen molar-refractivity contribution in [2.24, 2.45) is 0 Å². The lowest BCUT2D eigenvalue weighted by Gasteiger charge is -2.32. The molecule has 10 heteroatoms. The van der Waals surface area contributed by atoms with E-state index in [0.29, 0.717) is 36.9 Å². The molecule has 2 aliphatic rings. The molecule has 170 valence electrons. The molecule has 1 N–H and O–H groups in total. The van der Waals surface area contributed by atoms with Crippen LogP contribution in [0.4, 0.5) is 5.82 Å². The van der Waals surface area contributed by atoms with Crippen LogP contribution in [-0.2, 0) is 9.53 Å². The molecule has 0 unspecified atom stereocenters. The van der Waals surface area contributed by atoms with Gasteiger partial charge in [-0.15, -0.1) is 5.10 Å². The van der Waals surface area contributed by atoms with Gasteiger partial charge < -0.3 is 24.1 Å². The Labute approximate surface area is 189 Å². The van der Waals surface area contributed by atoms with Crippen molar-refractivity contribution in [1.29, 1.82) is 0 Å². The maximum atomic E-state index is 11.4. The molecule has 6 heterocycles. The largest absolute Gasteiger partial charge is 0.474 e. The fourth-order valence-electron chi connectivity index (χ4n) is 4.43. The molecule has 4 aromatic rings. The minimum Gasteiger partial charge on any atom is -0.474 e. The number of nitrogens with zero attached hydrogens (tertiary/aromatic N) is 5. The molecule has 0 bridgehead atoms. The van der Waals surface area contributed by atoms with Crippen LogP contribution in [-0.4, -0.2) is 63.9 Å². The van der Waals surface area contributed by atoms with Gasteiger partial charge in [0.05, 0.1) is 30.3 Å². The summed E-state index contributed by atoms with van der Waals surface area (Å²) in [5, 5.41) is 8.45. The van der Waals surface area contributed by atoms with Crippen molar-refractivity contribution in [3.05, 3.63) is 36.7 Å². The highest BCUT2D eigenvalue weighted by atomic mass is 16.5. The summed E-state index contributed by atoms with van der Waals surface area (Å²) in [5.74, 6) is 2.07. The van der Waals surface area contributed by atoms with E-state index in [9.17, 15) is 4.79 Å². The summed E-state index contributed by atoms with van der Waals surface area (Å²) in [4.78, 5) is 22.7. The lowest BCUT2D eigenvalue weighted by molar-refractivity contribution is -0.119. The Balaban J connectivity index is 1.31. The van der Waals surface area contributed by atoms with E-state index in [1.165, 1.54) is 0 Å². The predicted octanol–water partition coefficient (Wildman–Crippen LogP) is 2.42. The number of carbonyl (C=O) groups excluding carboxylic acids is 1. The van der Waals surface area contributed by atoms with Crippen molar-refractivity contribution in [2.45, 2.75) is 31.9 Å². The van der Waals surface area contributed by atoms with E-state index < -0.39 is 0 Å². The second-order valence-corrected chi connectivity index (χ2v) is 8.48. The molecule has 2 aliphatic heterocycles. The van der Waals surface area contributed by atoms with Gasteiger partial charge in [0.2, 0.25) is 11.8 Å². The molecule has 0 saturated carbocycles. The number of rotatable bonds is 5. The number of aromatic nitrogens is 4. The number of ether oxygens (including phenoxy) is 2. The Morgan fingerprint density at radius 2 is 2.21 bits per heavy atom. The lowest BCUT2D eigenvalue weighted by Crippen LogP contribution is -2.41. The van der Waals surface area contributed by atoms with Crippen LogP contribution in [0.15, 0.2) is 41.1 Å². The summed E-state index contributed by atoms with van der Waals surface area (Å²) in [7, 11) is 0. The molecule has 2 fully saturated rings. The lowest BCUT2D eigenvalue weighted by atomic mass is 10.2. The number of pyridine rings is 1. The molecule has 4 aromatic heterocycles. The molecule has 0 spiro atoms. The van der Waals surface area contributed by atoms with Gasteiger partial charge in [0.1, 0.15) is 23.7 Å². The fourth-order valence-corrected chi connectivity index (χ4v) is 4.43. The summed E-state index contributed by atoms with van der Waals surface area (Å²) in [5.41, 5.74) is 2.17. The number of furan rings is 1. The van der Waals surface area contributed by atoms with Gasteiger partial charge >= 0.3 is 0 Å². The Morgan fingerprint density at radius 1 is 1.27 bits per heavy atom. The molecular formula is C23H24N6O4. The molecule has 6 rings (SSSR count). The van der Waals surface area contributed by atoms with Gasteiger partial charge in [-0.05, 0) is 31.5 Å². The number of nitrogens with one attached hydrogen (secondary N) is 1. The Hall–Kier alpha value is -3.66. The maximum Gasteiger partial charge on any atom is 0.231 e. The minimum absolute atomic E-state index is 0.0152. The molecule has 33 heavy (non-hydrogen) atoms. The van der Waals surface area contributed by atoms with E-state index in [2.05, 4.69) is 32.2 Å². The first kappa shape index (κ1) is 20.0. The first-order valence-electron chi connectivity index (χ1n) is 11.2. The van der Waals surface area contributed by atoms with E-state index in [1.54, 1.807) is 23.0 Å². The zero-order valence-electron chi connectivity index (χ0n) is 18.2. The zero-order chi connectivity index (χ0) is 22.4. The van der Waals surface area contributed by atoms with E-state index in [-0.39, 0.29) is 18.1 Å². The molecule has 1 amide bonds. The normalized spacial score (nSPS) is 21.1. The fraction of sp³-hybridized carbons (Fsp3) is 0.391. The topological polar surface area (TPSA) is 107 Å². The van der Waals surface area contributed by atoms with E-state index in [0.717, 1.165) is 42.0 Å². The number of imidazole rings is 1. The van der Waals surface area contributed by atoms with Crippen molar-refractivity contribution in [2.75, 3.05) is 31.2 Å². The van der Waals surface area contributed by atoms with Gasteiger partial charge in [-0.2, -0.15) is 0 Å². The molecule has 0 aromatic carbocycles. The number of hydrogen-bond acceptors (Lipinski definition) is 8. The van der Waals surface area contributed by atoms with Crippen LogP contribution in [0.5, 0.6) is 5.88 Å². The number of hydrogen-bond donors (Lipinski definition) is 1. The highest BCUT2D eigenvalue weighted by Crippen LogP contribution is 2.33. The minimum atomic E-state index is 0.0152. The molecule has 2 saturated heterocycles. The van der Waals surface area contributed by atoms with E-state index in [4.69, 9.17) is 13.9 Å². The summed E-state index contributed by atoms with van der Waals surface area (Å²) in [6.45, 7) is 4.69. The van der Waals surface area contributed by atoms with Crippen LogP contribution >= 0.6 is 0 Å².